The van der Waals surface area contributed by atoms with Crippen molar-refractivity contribution in [3.05, 3.63) is 28.8 Å². The lowest BCUT2D eigenvalue weighted by atomic mass is 9.78. The van der Waals surface area contributed by atoms with E-state index in [1.165, 1.54) is 56.3 Å². The van der Waals surface area contributed by atoms with E-state index in [0.717, 1.165) is 17.0 Å². The highest BCUT2D eigenvalue weighted by Crippen LogP contribution is 2.39. The third-order valence-corrected chi connectivity index (χ3v) is 5.05. The van der Waals surface area contributed by atoms with Gasteiger partial charge in [0.2, 0.25) is 0 Å². The van der Waals surface area contributed by atoms with Gasteiger partial charge in [-0.25, -0.2) is 0 Å². The number of rotatable bonds is 2. The Bertz CT molecular complexity index is 444. The molecule has 0 spiro atoms. The van der Waals surface area contributed by atoms with Crippen molar-refractivity contribution >= 4 is 17.3 Å². The number of anilines is 1. The van der Waals surface area contributed by atoms with Crippen LogP contribution in [0.25, 0.3) is 0 Å². The molecule has 1 aromatic rings. The van der Waals surface area contributed by atoms with E-state index in [1.807, 2.05) is 12.1 Å². The van der Waals surface area contributed by atoms with Crippen molar-refractivity contribution in [1.29, 1.82) is 0 Å². The van der Waals surface area contributed by atoms with Crippen LogP contribution in [0.4, 0.5) is 5.69 Å². The molecule has 0 radical (unpaired) electrons. The molecule has 2 aliphatic rings. The summed E-state index contributed by atoms with van der Waals surface area (Å²) in [7, 11) is 0. The largest absolute Gasteiger partial charge is 0.368 e. The van der Waals surface area contributed by atoms with Gasteiger partial charge >= 0.3 is 0 Å². The second-order valence-electron chi connectivity index (χ2n) is 5.92. The zero-order valence-corrected chi connectivity index (χ0v) is 12.2. The third kappa shape index (κ3) is 2.61. The topological polar surface area (TPSA) is 29.3 Å². The molecule has 1 saturated carbocycles. The number of hydrogen-bond acceptors (Lipinski definition) is 2. The summed E-state index contributed by atoms with van der Waals surface area (Å²) in [6.07, 6.45) is 8.27. The fourth-order valence-corrected chi connectivity index (χ4v) is 4.12. The quantitative estimate of drug-likeness (QED) is 0.887. The summed E-state index contributed by atoms with van der Waals surface area (Å²) in [6, 6.07) is 6.93. The van der Waals surface area contributed by atoms with Gasteiger partial charge in [-0.2, -0.15) is 0 Å². The Labute approximate surface area is 120 Å². The summed E-state index contributed by atoms with van der Waals surface area (Å²) in [5, 5.41) is 0.793. The van der Waals surface area contributed by atoms with Crippen LogP contribution in [-0.4, -0.2) is 12.6 Å². The average Bonchev–Trinajstić information content (AvgIpc) is 2.46. The third-order valence-electron chi connectivity index (χ3n) is 4.81. The Balaban J connectivity index is 1.91. The molecule has 1 heterocycles. The van der Waals surface area contributed by atoms with Crippen molar-refractivity contribution < 1.29 is 0 Å². The first-order chi connectivity index (χ1) is 9.29. The van der Waals surface area contributed by atoms with Crippen LogP contribution in [0.3, 0.4) is 0 Å². The minimum atomic E-state index is 0.573. The molecular formula is C16H23ClN2. The maximum absolute atomic E-state index is 6.10. The molecule has 0 amide bonds. The highest BCUT2D eigenvalue weighted by molar-refractivity contribution is 6.30. The smallest absolute Gasteiger partial charge is 0.0415 e. The predicted octanol–water partition coefficient (Wildman–Crippen LogP) is 3.96. The Morgan fingerprint density at radius 3 is 2.79 bits per heavy atom. The zero-order chi connectivity index (χ0) is 13.2. The molecule has 1 aliphatic heterocycles. The van der Waals surface area contributed by atoms with Gasteiger partial charge in [0.05, 0.1) is 0 Å². The van der Waals surface area contributed by atoms with Crippen molar-refractivity contribution in [2.24, 2.45) is 11.7 Å². The van der Waals surface area contributed by atoms with Gasteiger partial charge < -0.3 is 10.6 Å². The normalized spacial score (nSPS) is 27.2. The van der Waals surface area contributed by atoms with Gasteiger partial charge in [-0.15, -0.1) is 0 Å². The zero-order valence-electron chi connectivity index (χ0n) is 11.4. The van der Waals surface area contributed by atoms with Gasteiger partial charge in [-0.1, -0.05) is 24.4 Å². The molecule has 2 nitrogen and oxygen atoms in total. The molecule has 104 valence electrons. The standard InChI is InChI=1S/C16H23ClN2/c17-14-7-8-16(13(10-14)11-18)19-9-3-5-12-4-1-2-6-15(12)19/h7-8,10,12,15H,1-6,9,11,18H2. The Morgan fingerprint density at radius 2 is 1.95 bits per heavy atom. The fraction of sp³-hybridized carbons (Fsp3) is 0.625. The first-order valence-electron chi connectivity index (χ1n) is 7.54. The predicted molar refractivity (Wildman–Crippen MR) is 81.7 cm³/mol. The van der Waals surface area contributed by atoms with Gasteiger partial charge in [0.1, 0.15) is 0 Å². The van der Waals surface area contributed by atoms with Crippen LogP contribution >= 0.6 is 11.6 Å². The van der Waals surface area contributed by atoms with E-state index in [2.05, 4.69) is 11.0 Å². The fourth-order valence-electron chi connectivity index (χ4n) is 3.92. The minimum absolute atomic E-state index is 0.573. The van der Waals surface area contributed by atoms with Crippen molar-refractivity contribution in [3.63, 3.8) is 0 Å². The maximum Gasteiger partial charge on any atom is 0.0415 e. The molecule has 2 N–H and O–H groups in total. The molecule has 3 heteroatoms. The molecule has 3 rings (SSSR count). The molecular weight excluding hydrogens is 256 g/mol. The van der Waals surface area contributed by atoms with Gasteiger partial charge in [-0.05, 0) is 55.4 Å². The minimum Gasteiger partial charge on any atom is -0.368 e. The second kappa shape index (κ2) is 5.72. The molecule has 2 fully saturated rings. The van der Waals surface area contributed by atoms with Crippen LogP contribution in [0, 0.1) is 5.92 Å². The van der Waals surface area contributed by atoms with E-state index in [0.29, 0.717) is 6.54 Å². The lowest BCUT2D eigenvalue weighted by Crippen LogP contribution is -2.47. The number of nitrogens with two attached hydrogens (primary N) is 1. The summed E-state index contributed by atoms with van der Waals surface area (Å²) in [5.41, 5.74) is 8.42. The summed E-state index contributed by atoms with van der Waals surface area (Å²) in [4.78, 5) is 2.62. The van der Waals surface area contributed by atoms with Crippen molar-refractivity contribution in [2.75, 3.05) is 11.4 Å². The number of nitrogens with zero attached hydrogens (tertiary/aromatic N) is 1. The Kier molecular flexibility index (Phi) is 3.99. The maximum atomic E-state index is 6.10. The number of benzene rings is 1. The number of hydrogen-bond donors (Lipinski definition) is 1. The molecule has 1 aliphatic carbocycles. The summed E-state index contributed by atoms with van der Waals surface area (Å²) >= 11 is 6.10. The Hall–Kier alpha value is -0.730. The average molecular weight is 279 g/mol. The second-order valence-corrected chi connectivity index (χ2v) is 6.36. The van der Waals surface area contributed by atoms with Crippen LogP contribution in [0.2, 0.25) is 5.02 Å². The van der Waals surface area contributed by atoms with Gasteiger partial charge in [-0.3, -0.25) is 0 Å². The van der Waals surface area contributed by atoms with Gasteiger partial charge in [0, 0.05) is 29.8 Å². The molecule has 1 saturated heterocycles. The molecule has 19 heavy (non-hydrogen) atoms. The summed E-state index contributed by atoms with van der Waals surface area (Å²) < 4.78 is 0. The first kappa shape index (κ1) is 13.3. The molecule has 2 atom stereocenters. The molecule has 0 bridgehead atoms. The number of piperidine rings is 1. The van der Waals surface area contributed by atoms with Crippen molar-refractivity contribution in [3.8, 4) is 0 Å². The van der Waals surface area contributed by atoms with Crippen LogP contribution in [0.5, 0.6) is 0 Å². The summed E-state index contributed by atoms with van der Waals surface area (Å²) in [6.45, 7) is 1.75. The highest BCUT2D eigenvalue weighted by Gasteiger charge is 2.33. The van der Waals surface area contributed by atoms with E-state index in [4.69, 9.17) is 17.3 Å². The van der Waals surface area contributed by atoms with Gasteiger partial charge in [0.25, 0.3) is 0 Å². The van der Waals surface area contributed by atoms with Crippen LogP contribution < -0.4 is 10.6 Å². The Morgan fingerprint density at radius 1 is 1.16 bits per heavy atom. The van der Waals surface area contributed by atoms with E-state index < -0.39 is 0 Å². The van der Waals surface area contributed by atoms with Crippen molar-refractivity contribution in [2.45, 2.75) is 51.1 Å². The van der Waals surface area contributed by atoms with E-state index in [1.54, 1.807) is 0 Å². The monoisotopic (exact) mass is 278 g/mol. The molecule has 1 aromatic carbocycles. The molecule has 2 unspecified atom stereocenters. The van der Waals surface area contributed by atoms with Gasteiger partial charge in [0.15, 0.2) is 0 Å². The number of fused-ring (bicyclic) bond motifs is 1. The SMILES string of the molecule is NCc1cc(Cl)ccc1N1CCCC2CCCCC21. The van der Waals surface area contributed by atoms with Crippen LogP contribution in [0.1, 0.15) is 44.1 Å². The molecule has 0 aromatic heterocycles. The van der Waals surface area contributed by atoms with Crippen LogP contribution in [-0.2, 0) is 6.54 Å². The van der Waals surface area contributed by atoms with E-state index >= 15 is 0 Å². The van der Waals surface area contributed by atoms with Crippen LogP contribution in [0.15, 0.2) is 18.2 Å². The van der Waals surface area contributed by atoms with E-state index in [-0.39, 0.29) is 0 Å². The summed E-state index contributed by atoms with van der Waals surface area (Å²) in [5.74, 6) is 0.892. The lowest BCUT2D eigenvalue weighted by Gasteiger charge is -2.46. The lowest BCUT2D eigenvalue weighted by molar-refractivity contribution is 0.243. The highest BCUT2D eigenvalue weighted by atomic mass is 35.5. The first-order valence-corrected chi connectivity index (χ1v) is 7.92. The van der Waals surface area contributed by atoms with E-state index in [9.17, 15) is 0 Å². The van der Waals surface area contributed by atoms with Crippen molar-refractivity contribution in [1.82, 2.24) is 0 Å². The number of halogens is 1.